The zero-order valence-corrected chi connectivity index (χ0v) is 16.0. The number of ketones is 1. The number of aryl methyl sites for hydroxylation is 1. The van der Waals surface area contributed by atoms with Gasteiger partial charge in [0.15, 0.2) is 5.82 Å². The minimum absolute atomic E-state index is 0.0651. The van der Waals surface area contributed by atoms with Gasteiger partial charge in [-0.3, -0.25) is 9.59 Å². The highest BCUT2D eigenvalue weighted by molar-refractivity contribution is 5.78. The predicted octanol–water partition coefficient (Wildman–Crippen LogP) is 4.56. The molecule has 0 aliphatic heterocycles. The third-order valence-corrected chi connectivity index (χ3v) is 4.32. The molecule has 0 amide bonds. The Morgan fingerprint density at radius 3 is 2.33 bits per heavy atom. The van der Waals surface area contributed by atoms with Crippen LogP contribution in [0.25, 0.3) is 17.1 Å². The topological polar surface area (TPSA) is 74.1 Å². The lowest BCUT2D eigenvalue weighted by molar-refractivity contribution is -0.274. The van der Waals surface area contributed by atoms with Crippen LogP contribution in [0.15, 0.2) is 48.5 Å². The first-order chi connectivity index (χ1) is 14.3. The van der Waals surface area contributed by atoms with Gasteiger partial charge < -0.3 is 4.74 Å². The molecule has 0 atom stereocenters. The minimum Gasteiger partial charge on any atom is -0.406 e. The largest absolute Gasteiger partial charge is 0.573 e. The highest BCUT2D eigenvalue weighted by Crippen LogP contribution is 2.25. The molecule has 156 valence electrons. The Kier molecular flexibility index (Phi) is 6.29. The standard InChI is InChI=1S/C21H18F3N3O3/c1-2-17(29)9-12-19-25-20(15-5-3-14(13-28)4-6-15)26-27(19)16-7-10-18(11-8-16)30-21(22,23)24/h3-8,10-11,13H,2,9,12H2,1H3. The number of alkyl halides is 3. The van der Waals surface area contributed by atoms with Gasteiger partial charge in [-0.25, -0.2) is 9.67 Å². The Morgan fingerprint density at radius 1 is 1.10 bits per heavy atom. The van der Waals surface area contributed by atoms with Gasteiger partial charge in [0, 0.05) is 30.4 Å². The first-order valence-corrected chi connectivity index (χ1v) is 9.18. The van der Waals surface area contributed by atoms with Crippen LogP contribution in [0.5, 0.6) is 5.75 Å². The van der Waals surface area contributed by atoms with Crippen LogP contribution in [0, 0.1) is 0 Å². The molecule has 2 aromatic carbocycles. The second-order valence-electron chi connectivity index (χ2n) is 6.44. The number of nitrogens with zero attached hydrogens (tertiary/aromatic N) is 3. The molecule has 0 saturated heterocycles. The Labute approximate surface area is 170 Å². The molecule has 0 unspecified atom stereocenters. The molecule has 0 radical (unpaired) electrons. The fraction of sp³-hybridized carbons (Fsp3) is 0.238. The normalized spacial score (nSPS) is 11.3. The van der Waals surface area contributed by atoms with E-state index in [0.717, 1.165) is 6.29 Å². The van der Waals surface area contributed by atoms with E-state index in [9.17, 15) is 22.8 Å². The summed E-state index contributed by atoms with van der Waals surface area (Å²) in [5.41, 5.74) is 1.65. The van der Waals surface area contributed by atoms with Gasteiger partial charge >= 0.3 is 6.36 Å². The first-order valence-electron chi connectivity index (χ1n) is 9.18. The fourth-order valence-corrected chi connectivity index (χ4v) is 2.76. The molecule has 0 bridgehead atoms. The third-order valence-electron chi connectivity index (χ3n) is 4.32. The number of rotatable bonds is 8. The first kappa shape index (κ1) is 21.2. The quantitative estimate of drug-likeness (QED) is 0.503. The Hall–Kier alpha value is -3.49. The fourth-order valence-electron chi connectivity index (χ4n) is 2.76. The van der Waals surface area contributed by atoms with Crippen LogP contribution >= 0.6 is 0 Å². The number of hydrogen-bond donors (Lipinski definition) is 0. The van der Waals surface area contributed by atoms with Crippen LogP contribution in [0.4, 0.5) is 13.2 Å². The molecule has 3 aromatic rings. The molecule has 1 heterocycles. The minimum atomic E-state index is -4.78. The summed E-state index contributed by atoms with van der Waals surface area (Å²) in [6, 6.07) is 11.9. The van der Waals surface area contributed by atoms with Gasteiger partial charge in [0.05, 0.1) is 5.69 Å². The zero-order chi connectivity index (χ0) is 21.7. The van der Waals surface area contributed by atoms with Crippen molar-refractivity contribution in [3.63, 3.8) is 0 Å². The highest BCUT2D eigenvalue weighted by atomic mass is 19.4. The van der Waals surface area contributed by atoms with Gasteiger partial charge in [0.1, 0.15) is 23.6 Å². The van der Waals surface area contributed by atoms with Gasteiger partial charge in [-0.15, -0.1) is 18.3 Å². The number of aldehydes is 1. The van der Waals surface area contributed by atoms with Gasteiger partial charge in [0.25, 0.3) is 0 Å². The second-order valence-corrected chi connectivity index (χ2v) is 6.44. The number of benzene rings is 2. The van der Waals surface area contributed by atoms with Gasteiger partial charge in [0.2, 0.25) is 0 Å². The maximum Gasteiger partial charge on any atom is 0.573 e. The highest BCUT2D eigenvalue weighted by Gasteiger charge is 2.31. The molecular weight excluding hydrogens is 399 g/mol. The van der Waals surface area contributed by atoms with E-state index in [-0.39, 0.29) is 18.0 Å². The molecule has 6 nitrogen and oxygen atoms in total. The monoisotopic (exact) mass is 417 g/mol. The van der Waals surface area contributed by atoms with Crippen molar-refractivity contribution in [3.05, 3.63) is 59.9 Å². The SMILES string of the molecule is CCC(=O)CCc1nc(-c2ccc(C=O)cc2)nn1-c1ccc(OC(F)(F)F)cc1. The predicted molar refractivity (Wildman–Crippen MR) is 102 cm³/mol. The molecule has 3 rings (SSSR count). The number of ether oxygens (including phenoxy) is 1. The number of aromatic nitrogens is 3. The van der Waals surface area contributed by atoms with Crippen molar-refractivity contribution in [2.24, 2.45) is 0 Å². The van der Waals surface area contributed by atoms with Crippen LogP contribution in [-0.2, 0) is 11.2 Å². The molecule has 30 heavy (non-hydrogen) atoms. The van der Waals surface area contributed by atoms with E-state index in [2.05, 4.69) is 14.8 Å². The van der Waals surface area contributed by atoms with Crippen LogP contribution in [0.3, 0.4) is 0 Å². The summed E-state index contributed by atoms with van der Waals surface area (Å²) in [5.74, 6) is 0.590. The summed E-state index contributed by atoms with van der Waals surface area (Å²) in [6.45, 7) is 1.77. The maximum absolute atomic E-state index is 12.4. The summed E-state index contributed by atoms with van der Waals surface area (Å²) in [7, 11) is 0. The van der Waals surface area contributed by atoms with E-state index >= 15 is 0 Å². The Morgan fingerprint density at radius 2 is 1.77 bits per heavy atom. The molecule has 1 aromatic heterocycles. The van der Waals surface area contributed by atoms with Crippen molar-refractivity contribution in [3.8, 4) is 22.8 Å². The van der Waals surface area contributed by atoms with E-state index in [4.69, 9.17) is 0 Å². The van der Waals surface area contributed by atoms with Crippen molar-refractivity contribution in [2.75, 3.05) is 0 Å². The lowest BCUT2D eigenvalue weighted by atomic mass is 10.1. The van der Waals surface area contributed by atoms with Crippen molar-refractivity contribution in [1.29, 1.82) is 0 Å². The summed E-state index contributed by atoms with van der Waals surface area (Å²) in [6.07, 6.45) is -3.05. The van der Waals surface area contributed by atoms with Crippen LogP contribution in [0.1, 0.15) is 35.9 Å². The van der Waals surface area contributed by atoms with Crippen molar-refractivity contribution in [1.82, 2.24) is 14.8 Å². The van der Waals surface area contributed by atoms with Gasteiger partial charge in [-0.2, -0.15) is 0 Å². The van der Waals surface area contributed by atoms with E-state index in [1.807, 2.05) is 0 Å². The maximum atomic E-state index is 12.4. The Bertz CT molecular complexity index is 1030. The molecule has 0 aliphatic rings. The number of carbonyl (C=O) groups excluding carboxylic acids is 2. The van der Waals surface area contributed by atoms with E-state index in [1.165, 1.54) is 28.9 Å². The average molecular weight is 417 g/mol. The van der Waals surface area contributed by atoms with Gasteiger partial charge in [-0.05, 0) is 24.3 Å². The summed E-state index contributed by atoms with van der Waals surface area (Å²) in [5, 5.41) is 4.46. The lowest BCUT2D eigenvalue weighted by Crippen LogP contribution is -2.17. The van der Waals surface area contributed by atoms with Crippen molar-refractivity contribution in [2.45, 2.75) is 32.5 Å². The van der Waals surface area contributed by atoms with Crippen LogP contribution in [-0.4, -0.2) is 33.2 Å². The van der Waals surface area contributed by atoms with E-state index in [0.29, 0.717) is 41.3 Å². The van der Waals surface area contributed by atoms with E-state index in [1.54, 1.807) is 31.2 Å². The molecule has 0 N–H and O–H groups in total. The number of hydrogen-bond acceptors (Lipinski definition) is 5. The molecular formula is C21H18F3N3O3. The lowest BCUT2D eigenvalue weighted by Gasteiger charge is -2.10. The molecule has 0 spiro atoms. The number of halogens is 3. The average Bonchev–Trinajstić information content (AvgIpc) is 3.15. The zero-order valence-electron chi connectivity index (χ0n) is 16.0. The molecule has 0 aliphatic carbocycles. The van der Waals surface area contributed by atoms with Gasteiger partial charge in [-0.1, -0.05) is 31.2 Å². The molecule has 0 fully saturated rings. The van der Waals surface area contributed by atoms with Crippen LogP contribution < -0.4 is 4.74 Å². The summed E-state index contributed by atoms with van der Waals surface area (Å²) in [4.78, 5) is 27.1. The second kappa shape index (κ2) is 8.89. The number of Topliss-reactive ketones (excluding diaryl/α,β-unsaturated/α-hetero) is 1. The smallest absolute Gasteiger partial charge is 0.406 e. The Balaban J connectivity index is 1.94. The van der Waals surface area contributed by atoms with Crippen LogP contribution in [0.2, 0.25) is 0 Å². The van der Waals surface area contributed by atoms with Crippen molar-refractivity contribution >= 4 is 12.1 Å². The number of carbonyl (C=O) groups is 2. The summed E-state index contributed by atoms with van der Waals surface area (Å²) >= 11 is 0. The third kappa shape index (κ3) is 5.31. The molecule has 9 heteroatoms. The van der Waals surface area contributed by atoms with E-state index < -0.39 is 6.36 Å². The molecule has 0 saturated carbocycles. The summed E-state index contributed by atoms with van der Waals surface area (Å²) < 4.78 is 42.5. The van der Waals surface area contributed by atoms with Crippen molar-refractivity contribution < 1.29 is 27.5 Å².